The number of rotatable bonds is 3. The molecule has 1 saturated heterocycles. The number of fused-ring (bicyclic) bond motifs is 1. The van der Waals surface area contributed by atoms with E-state index in [1.165, 1.54) is 0 Å². The molecule has 1 unspecified atom stereocenters. The molecule has 2 aromatic rings. The average molecular weight is 294 g/mol. The SMILES string of the molecule is NS(=O)(=O)CC1CC(=O)N(c2ccc3cn[nH]c3c2)C1. The van der Waals surface area contributed by atoms with Crippen molar-refractivity contribution in [2.75, 3.05) is 17.2 Å². The van der Waals surface area contributed by atoms with Crippen LogP contribution in [0.15, 0.2) is 24.4 Å². The Morgan fingerprint density at radius 1 is 1.45 bits per heavy atom. The van der Waals surface area contributed by atoms with Crippen LogP contribution < -0.4 is 10.0 Å². The summed E-state index contributed by atoms with van der Waals surface area (Å²) in [4.78, 5) is 13.6. The summed E-state index contributed by atoms with van der Waals surface area (Å²) in [6.45, 7) is 0.370. The summed E-state index contributed by atoms with van der Waals surface area (Å²) in [5.74, 6) is -0.505. The molecule has 0 bridgehead atoms. The number of nitrogens with zero attached hydrogens (tertiary/aromatic N) is 2. The molecule has 1 amide bonds. The van der Waals surface area contributed by atoms with Gasteiger partial charge in [0.05, 0.1) is 17.5 Å². The highest BCUT2D eigenvalue weighted by Crippen LogP contribution is 2.27. The van der Waals surface area contributed by atoms with E-state index in [1.807, 2.05) is 18.2 Å². The summed E-state index contributed by atoms with van der Waals surface area (Å²) >= 11 is 0. The predicted molar refractivity (Wildman–Crippen MR) is 74.5 cm³/mol. The predicted octanol–water partition coefficient (Wildman–Crippen LogP) is 0.204. The number of amides is 1. The number of benzene rings is 1. The minimum absolute atomic E-state index is 0.0856. The molecule has 1 atom stereocenters. The first kappa shape index (κ1) is 13.1. The molecule has 1 fully saturated rings. The smallest absolute Gasteiger partial charge is 0.227 e. The van der Waals surface area contributed by atoms with Gasteiger partial charge in [-0.2, -0.15) is 5.10 Å². The first-order valence-corrected chi connectivity index (χ1v) is 7.88. The van der Waals surface area contributed by atoms with E-state index in [0.717, 1.165) is 16.6 Å². The van der Waals surface area contributed by atoms with Gasteiger partial charge < -0.3 is 4.90 Å². The third-order valence-corrected chi connectivity index (χ3v) is 4.35. The van der Waals surface area contributed by atoms with Crippen molar-refractivity contribution in [3.05, 3.63) is 24.4 Å². The molecule has 1 aliphatic rings. The van der Waals surface area contributed by atoms with Crippen LogP contribution in [0.4, 0.5) is 5.69 Å². The maximum Gasteiger partial charge on any atom is 0.227 e. The molecular weight excluding hydrogens is 280 g/mol. The highest BCUT2D eigenvalue weighted by atomic mass is 32.2. The fourth-order valence-corrected chi connectivity index (χ4v) is 3.44. The van der Waals surface area contributed by atoms with Crippen LogP contribution in [0.25, 0.3) is 10.9 Å². The summed E-state index contributed by atoms with van der Waals surface area (Å²) in [5, 5.41) is 12.8. The Bertz CT molecular complexity index is 768. The van der Waals surface area contributed by atoms with Gasteiger partial charge in [-0.05, 0) is 18.2 Å². The Morgan fingerprint density at radius 2 is 2.25 bits per heavy atom. The molecule has 0 saturated carbocycles. The van der Waals surface area contributed by atoms with Crippen LogP contribution in [0.1, 0.15) is 6.42 Å². The minimum Gasteiger partial charge on any atom is -0.312 e. The van der Waals surface area contributed by atoms with E-state index >= 15 is 0 Å². The number of aromatic amines is 1. The number of primary sulfonamides is 1. The summed E-state index contributed by atoms with van der Waals surface area (Å²) < 4.78 is 22.2. The normalized spacial score (nSPS) is 19.9. The maximum atomic E-state index is 12.0. The first-order valence-electron chi connectivity index (χ1n) is 6.16. The van der Waals surface area contributed by atoms with E-state index in [9.17, 15) is 13.2 Å². The summed E-state index contributed by atoms with van der Waals surface area (Å²) in [6.07, 6.45) is 1.91. The molecule has 0 aliphatic carbocycles. The van der Waals surface area contributed by atoms with Gasteiger partial charge in [0, 0.05) is 30.0 Å². The van der Waals surface area contributed by atoms with Gasteiger partial charge in [0.25, 0.3) is 0 Å². The number of nitrogens with one attached hydrogen (secondary N) is 1. The van der Waals surface area contributed by atoms with E-state index in [0.29, 0.717) is 6.54 Å². The second-order valence-corrected chi connectivity index (χ2v) is 6.70. The molecule has 20 heavy (non-hydrogen) atoms. The Hall–Kier alpha value is -1.93. The van der Waals surface area contributed by atoms with Gasteiger partial charge in [-0.25, -0.2) is 13.6 Å². The molecule has 7 nitrogen and oxygen atoms in total. The van der Waals surface area contributed by atoms with Gasteiger partial charge >= 0.3 is 0 Å². The fraction of sp³-hybridized carbons (Fsp3) is 0.333. The number of carbonyl (C=O) groups is 1. The van der Waals surface area contributed by atoms with Crippen LogP contribution in [0.3, 0.4) is 0 Å². The molecule has 0 spiro atoms. The van der Waals surface area contributed by atoms with Crippen molar-refractivity contribution in [1.29, 1.82) is 0 Å². The third-order valence-electron chi connectivity index (χ3n) is 3.41. The molecule has 3 N–H and O–H groups in total. The zero-order valence-electron chi connectivity index (χ0n) is 10.6. The lowest BCUT2D eigenvalue weighted by atomic mass is 10.1. The van der Waals surface area contributed by atoms with Crippen LogP contribution in [0.2, 0.25) is 0 Å². The fourth-order valence-electron chi connectivity index (χ4n) is 2.56. The third kappa shape index (κ3) is 2.52. The molecule has 3 rings (SSSR count). The highest BCUT2D eigenvalue weighted by Gasteiger charge is 2.32. The van der Waals surface area contributed by atoms with Gasteiger partial charge in [0.1, 0.15) is 0 Å². The van der Waals surface area contributed by atoms with Crippen LogP contribution in [0.5, 0.6) is 0 Å². The molecule has 8 heteroatoms. The first-order chi connectivity index (χ1) is 9.42. The number of nitrogens with two attached hydrogens (primary N) is 1. The monoisotopic (exact) mass is 294 g/mol. The van der Waals surface area contributed by atoms with Crippen molar-refractivity contribution in [3.8, 4) is 0 Å². The number of hydrogen-bond acceptors (Lipinski definition) is 4. The Labute approximate surface area is 115 Å². The maximum absolute atomic E-state index is 12.0. The molecular formula is C12H14N4O3S. The number of anilines is 1. The van der Waals surface area contributed by atoms with Crippen LogP contribution in [-0.4, -0.2) is 36.8 Å². The molecule has 1 aromatic heterocycles. The lowest BCUT2D eigenvalue weighted by Gasteiger charge is -2.16. The quantitative estimate of drug-likeness (QED) is 0.843. The van der Waals surface area contributed by atoms with Crippen molar-refractivity contribution in [1.82, 2.24) is 10.2 Å². The number of carbonyl (C=O) groups excluding carboxylic acids is 1. The zero-order chi connectivity index (χ0) is 14.3. The average Bonchev–Trinajstić information content (AvgIpc) is 2.92. The molecule has 2 heterocycles. The van der Waals surface area contributed by atoms with Gasteiger partial charge in [-0.15, -0.1) is 0 Å². The Morgan fingerprint density at radius 3 is 3.00 bits per heavy atom. The number of sulfonamides is 1. The van der Waals surface area contributed by atoms with E-state index in [2.05, 4.69) is 10.2 Å². The topological polar surface area (TPSA) is 109 Å². The van der Waals surface area contributed by atoms with Crippen molar-refractivity contribution in [2.24, 2.45) is 11.1 Å². The highest BCUT2D eigenvalue weighted by molar-refractivity contribution is 7.89. The Balaban J connectivity index is 1.85. The molecule has 0 radical (unpaired) electrons. The van der Waals surface area contributed by atoms with E-state index < -0.39 is 10.0 Å². The second-order valence-electron chi connectivity index (χ2n) is 5.05. The summed E-state index contributed by atoms with van der Waals surface area (Å²) in [7, 11) is -3.56. The van der Waals surface area contributed by atoms with E-state index in [-0.39, 0.29) is 24.0 Å². The standard InChI is InChI=1S/C12H14N4O3S/c13-20(18,19)7-8-3-12(17)16(6-8)10-2-1-9-5-14-15-11(9)4-10/h1-2,4-5,8H,3,6-7H2,(H,14,15)(H2,13,18,19). The second kappa shape index (κ2) is 4.57. The minimum atomic E-state index is -3.56. The van der Waals surface area contributed by atoms with Gasteiger partial charge in [0.15, 0.2) is 0 Å². The van der Waals surface area contributed by atoms with Crippen LogP contribution >= 0.6 is 0 Å². The number of aromatic nitrogens is 2. The molecule has 106 valence electrons. The largest absolute Gasteiger partial charge is 0.312 e. The summed E-state index contributed by atoms with van der Waals surface area (Å²) in [6, 6.07) is 5.53. The van der Waals surface area contributed by atoms with E-state index in [1.54, 1.807) is 11.1 Å². The number of hydrogen-bond donors (Lipinski definition) is 2. The number of H-pyrrole nitrogens is 1. The van der Waals surface area contributed by atoms with Crippen molar-refractivity contribution < 1.29 is 13.2 Å². The molecule has 1 aliphatic heterocycles. The Kier molecular flexibility index (Phi) is 2.98. The van der Waals surface area contributed by atoms with Gasteiger partial charge in [-0.3, -0.25) is 9.89 Å². The zero-order valence-corrected chi connectivity index (χ0v) is 11.4. The van der Waals surface area contributed by atoms with Crippen LogP contribution in [0, 0.1) is 5.92 Å². The van der Waals surface area contributed by atoms with Crippen LogP contribution in [-0.2, 0) is 14.8 Å². The van der Waals surface area contributed by atoms with E-state index in [4.69, 9.17) is 5.14 Å². The van der Waals surface area contributed by atoms with Gasteiger partial charge in [-0.1, -0.05) is 0 Å². The molecule has 1 aromatic carbocycles. The van der Waals surface area contributed by atoms with Gasteiger partial charge in [0.2, 0.25) is 15.9 Å². The van der Waals surface area contributed by atoms with Crippen molar-refractivity contribution >= 4 is 32.5 Å². The van der Waals surface area contributed by atoms with Crippen molar-refractivity contribution in [2.45, 2.75) is 6.42 Å². The summed E-state index contributed by atoms with van der Waals surface area (Å²) in [5.41, 5.74) is 1.58. The van der Waals surface area contributed by atoms with Crippen molar-refractivity contribution in [3.63, 3.8) is 0 Å². The lowest BCUT2D eigenvalue weighted by molar-refractivity contribution is -0.117. The lowest BCUT2D eigenvalue weighted by Crippen LogP contribution is -2.27.